The first-order chi connectivity index (χ1) is 7.77. The number of para-hydroxylation sites is 1. The molecule has 1 aromatic carbocycles. The van der Waals surface area contributed by atoms with Crippen molar-refractivity contribution in [2.45, 2.75) is 12.3 Å². The Bertz CT molecular complexity index is 491. The molecule has 3 nitrogen and oxygen atoms in total. The molecule has 4 heteroatoms. The lowest BCUT2D eigenvalue weighted by Crippen LogP contribution is -2.30. The van der Waals surface area contributed by atoms with Crippen LogP contribution in [0, 0.1) is 0 Å². The van der Waals surface area contributed by atoms with Gasteiger partial charge in [0.2, 0.25) is 0 Å². The van der Waals surface area contributed by atoms with E-state index in [0.717, 1.165) is 17.7 Å². The van der Waals surface area contributed by atoms with Gasteiger partial charge >= 0.3 is 7.12 Å². The van der Waals surface area contributed by atoms with E-state index >= 15 is 0 Å². The number of hydrogen-bond donors (Lipinski definition) is 2. The molecule has 1 atom stereocenters. The fourth-order valence-corrected chi connectivity index (χ4v) is 2.28. The van der Waals surface area contributed by atoms with Gasteiger partial charge in [-0.15, -0.1) is 0 Å². The predicted molar refractivity (Wildman–Crippen MR) is 61.5 cm³/mol. The second kappa shape index (κ2) is 3.51. The van der Waals surface area contributed by atoms with Gasteiger partial charge in [0.1, 0.15) is 11.5 Å². The molecule has 0 bridgehead atoms. The average Bonchev–Trinajstić information content (AvgIpc) is 2.67. The lowest BCUT2D eigenvalue weighted by Gasteiger charge is -2.10. The smallest absolute Gasteiger partial charge is 0.461 e. The van der Waals surface area contributed by atoms with Gasteiger partial charge in [0.25, 0.3) is 0 Å². The molecular formula is C12H11BO3. The maximum absolute atomic E-state index is 9.26. The molecule has 0 amide bonds. The Morgan fingerprint density at radius 3 is 3.00 bits per heavy atom. The molecule has 0 aromatic heterocycles. The van der Waals surface area contributed by atoms with Crippen molar-refractivity contribution < 1.29 is 14.8 Å². The molecule has 0 saturated heterocycles. The Labute approximate surface area is 93.8 Å². The maximum atomic E-state index is 9.26. The van der Waals surface area contributed by atoms with Crippen LogP contribution in [0.25, 0.3) is 0 Å². The highest BCUT2D eigenvalue weighted by atomic mass is 16.5. The summed E-state index contributed by atoms with van der Waals surface area (Å²) >= 11 is 0. The van der Waals surface area contributed by atoms with Crippen LogP contribution in [0.5, 0.6) is 5.75 Å². The lowest BCUT2D eigenvalue weighted by molar-refractivity contribution is 0.411. The van der Waals surface area contributed by atoms with Gasteiger partial charge in [0.15, 0.2) is 0 Å². The highest BCUT2D eigenvalue weighted by Crippen LogP contribution is 2.43. The zero-order chi connectivity index (χ0) is 11.1. The molecule has 1 unspecified atom stereocenters. The number of benzene rings is 1. The summed E-state index contributed by atoms with van der Waals surface area (Å²) in [5.41, 5.74) is 1.48. The van der Waals surface area contributed by atoms with E-state index in [1.807, 2.05) is 24.3 Å². The summed E-state index contributed by atoms with van der Waals surface area (Å²) in [4.78, 5) is 0. The summed E-state index contributed by atoms with van der Waals surface area (Å²) in [5.74, 6) is 1.74. The van der Waals surface area contributed by atoms with Gasteiger partial charge in [0, 0.05) is 16.9 Å². The lowest BCUT2D eigenvalue weighted by atomic mass is 9.77. The normalized spacial score (nSPS) is 20.9. The SMILES string of the molecule is OB(O)c1cccc2c1OC1=CC=CCC12. The molecule has 3 rings (SSSR count). The fraction of sp³-hybridized carbons (Fsp3) is 0.167. The second-order valence-corrected chi connectivity index (χ2v) is 4.03. The molecule has 1 aliphatic heterocycles. The Morgan fingerprint density at radius 1 is 1.31 bits per heavy atom. The Kier molecular flexibility index (Phi) is 2.12. The van der Waals surface area contributed by atoms with Crippen LogP contribution in [0.1, 0.15) is 17.9 Å². The Balaban J connectivity index is 2.12. The monoisotopic (exact) mass is 214 g/mol. The molecule has 0 saturated carbocycles. The number of ether oxygens (including phenoxy) is 1. The molecule has 0 fully saturated rings. The van der Waals surface area contributed by atoms with E-state index in [0.29, 0.717) is 11.2 Å². The summed E-state index contributed by atoms with van der Waals surface area (Å²) in [6.45, 7) is 0. The fourth-order valence-electron chi connectivity index (χ4n) is 2.28. The van der Waals surface area contributed by atoms with Gasteiger partial charge < -0.3 is 14.8 Å². The van der Waals surface area contributed by atoms with Crippen molar-refractivity contribution in [1.29, 1.82) is 0 Å². The van der Waals surface area contributed by atoms with Crippen LogP contribution in [0.2, 0.25) is 0 Å². The van der Waals surface area contributed by atoms with Gasteiger partial charge in [-0.3, -0.25) is 0 Å². The minimum atomic E-state index is -1.48. The average molecular weight is 214 g/mol. The minimum Gasteiger partial charge on any atom is -0.461 e. The van der Waals surface area contributed by atoms with Crippen molar-refractivity contribution >= 4 is 12.6 Å². The standard InChI is InChI=1S/C12H11BO3/c14-13(15)10-6-3-5-9-8-4-1-2-7-11(8)16-12(9)10/h1-3,5-8,14-15H,4H2. The van der Waals surface area contributed by atoms with Crippen LogP contribution < -0.4 is 10.2 Å². The summed E-state index contributed by atoms with van der Waals surface area (Å²) in [5, 5.41) is 18.5. The van der Waals surface area contributed by atoms with Gasteiger partial charge in [0.05, 0.1) is 0 Å². The van der Waals surface area contributed by atoms with Crippen molar-refractivity contribution in [1.82, 2.24) is 0 Å². The molecule has 1 aromatic rings. The largest absolute Gasteiger partial charge is 0.492 e. The van der Waals surface area contributed by atoms with E-state index in [9.17, 15) is 10.0 Å². The molecule has 1 heterocycles. The van der Waals surface area contributed by atoms with Gasteiger partial charge in [-0.25, -0.2) is 0 Å². The Morgan fingerprint density at radius 2 is 2.19 bits per heavy atom. The van der Waals surface area contributed by atoms with E-state index < -0.39 is 7.12 Å². The minimum absolute atomic E-state index is 0.235. The molecular weight excluding hydrogens is 203 g/mol. The quantitative estimate of drug-likeness (QED) is 0.676. The van der Waals surface area contributed by atoms with Gasteiger partial charge in [-0.1, -0.05) is 30.4 Å². The van der Waals surface area contributed by atoms with Crippen molar-refractivity contribution in [3.8, 4) is 5.75 Å². The van der Waals surface area contributed by atoms with Crippen molar-refractivity contribution in [3.63, 3.8) is 0 Å². The second-order valence-electron chi connectivity index (χ2n) is 4.03. The highest BCUT2D eigenvalue weighted by molar-refractivity contribution is 6.59. The predicted octanol–water partition coefficient (Wildman–Crippen LogP) is 0.686. The van der Waals surface area contributed by atoms with Crippen molar-refractivity contribution in [2.75, 3.05) is 0 Å². The van der Waals surface area contributed by atoms with Crippen LogP contribution in [0.15, 0.2) is 42.2 Å². The topological polar surface area (TPSA) is 49.7 Å². The van der Waals surface area contributed by atoms with Gasteiger partial charge in [-0.05, 0) is 12.5 Å². The third-order valence-corrected chi connectivity index (χ3v) is 3.06. The molecule has 2 N–H and O–H groups in total. The number of rotatable bonds is 1. The van der Waals surface area contributed by atoms with Crippen LogP contribution in [-0.2, 0) is 0 Å². The molecule has 80 valence electrons. The van der Waals surface area contributed by atoms with Crippen LogP contribution in [-0.4, -0.2) is 17.2 Å². The first-order valence-electron chi connectivity index (χ1n) is 5.31. The number of hydrogen-bond acceptors (Lipinski definition) is 3. The first-order valence-corrected chi connectivity index (χ1v) is 5.31. The van der Waals surface area contributed by atoms with Crippen LogP contribution >= 0.6 is 0 Å². The van der Waals surface area contributed by atoms with Gasteiger partial charge in [-0.2, -0.15) is 0 Å². The maximum Gasteiger partial charge on any atom is 0.492 e. The molecule has 0 radical (unpaired) electrons. The van der Waals surface area contributed by atoms with Crippen LogP contribution in [0.3, 0.4) is 0 Å². The first kappa shape index (κ1) is 9.69. The summed E-state index contributed by atoms with van der Waals surface area (Å²) in [7, 11) is -1.48. The number of allylic oxidation sites excluding steroid dienone is 4. The van der Waals surface area contributed by atoms with Crippen molar-refractivity contribution in [2.24, 2.45) is 0 Å². The number of fused-ring (bicyclic) bond motifs is 3. The molecule has 2 aliphatic rings. The van der Waals surface area contributed by atoms with E-state index in [4.69, 9.17) is 4.74 Å². The Hall–Kier alpha value is -1.52. The van der Waals surface area contributed by atoms with E-state index in [-0.39, 0.29) is 5.92 Å². The molecule has 16 heavy (non-hydrogen) atoms. The van der Waals surface area contributed by atoms with E-state index in [1.165, 1.54) is 0 Å². The zero-order valence-electron chi connectivity index (χ0n) is 8.63. The van der Waals surface area contributed by atoms with Crippen molar-refractivity contribution in [3.05, 3.63) is 47.7 Å². The highest BCUT2D eigenvalue weighted by Gasteiger charge is 2.33. The zero-order valence-corrected chi connectivity index (χ0v) is 8.63. The molecule has 0 spiro atoms. The van der Waals surface area contributed by atoms with Crippen LogP contribution in [0.4, 0.5) is 0 Å². The summed E-state index contributed by atoms with van der Waals surface area (Å²) in [6.07, 6.45) is 6.90. The summed E-state index contributed by atoms with van der Waals surface area (Å²) < 4.78 is 5.69. The molecule has 1 aliphatic carbocycles. The third-order valence-electron chi connectivity index (χ3n) is 3.06. The van der Waals surface area contributed by atoms with E-state index in [1.54, 1.807) is 6.07 Å². The third kappa shape index (κ3) is 1.31. The van der Waals surface area contributed by atoms with E-state index in [2.05, 4.69) is 6.08 Å². The summed E-state index contributed by atoms with van der Waals surface area (Å²) in [6, 6.07) is 5.49.